The Bertz CT molecular complexity index is 1050. The summed E-state index contributed by atoms with van der Waals surface area (Å²) < 4.78 is 33.2. The highest BCUT2D eigenvalue weighted by Gasteiger charge is 2.25. The Labute approximate surface area is 216 Å². The van der Waals surface area contributed by atoms with Crippen molar-refractivity contribution < 1.29 is 33.2 Å². The molecule has 0 aromatic heterocycles. The molecular weight excluding hydrogens is 484 g/mol. The minimum absolute atomic E-state index is 0.172. The minimum atomic E-state index is -0.591. The quantitative estimate of drug-likeness (QED) is 0.214. The number of carbonyl (C=O) groups excluding carboxylic acids is 1. The smallest absolute Gasteiger partial charge is 0.315 e. The summed E-state index contributed by atoms with van der Waals surface area (Å²) in [6.07, 6.45) is 0.734. The largest absolute Gasteiger partial charge is 0.495 e. The molecule has 36 heavy (non-hydrogen) atoms. The Morgan fingerprint density at radius 2 is 1.36 bits per heavy atom. The molecule has 0 saturated heterocycles. The molecule has 0 aliphatic heterocycles. The average Bonchev–Trinajstić information content (AvgIpc) is 2.90. The maximum Gasteiger partial charge on any atom is 0.315 e. The van der Waals surface area contributed by atoms with Gasteiger partial charge in [0.1, 0.15) is 30.4 Å². The van der Waals surface area contributed by atoms with E-state index in [4.69, 9.17) is 40.0 Å². The van der Waals surface area contributed by atoms with Gasteiger partial charge in [0.15, 0.2) is 17.6 Å². The molecule has 0 bridgehead atoms. The Morgan fingerprint density at radius 3 is 1.89 bits per heavy atom. The monoisotopic (exact) mass is 513 g/mol. The molecule has 7 nitrogen and oxygen atoms in total. The number of hydrogen-bond acceptors (Lipinski definition) is 7. The maximum absolute atomic E-state index is 13.1. The number of rotatable bonds is 14. The molecule has 0 aliphatic carbocycles. The van der Waals surface area contributed by atoms with Crippen LogP contribution in [0.4, 0.5) is 0 Å². The van der Waals surface area contributed by atoms with E-state index in [0.29, 0.717) is 30.3 Å². The molecule has 0 atom stereocenters. The van der Waals surface area contributed by atoms with Crippen LogP contribution in [0.2, 0.25) is 5.02 Å². The van der Waals surface area contributed by atoms with Crippen LogP contribution < -0.4 is 14.2 Å². The summed E-state index contributed by atoms with van der Waals surface area (Å²) >= 11 is 6.62. The lowest BCUT2D eigenvalue weighted by molar-refractivity contribution is -0.142. The van der Waals surface area contributed by atoms with Crippen LogP contribution in [-0.2, 0) is 19.0 Å². The van der Waals surface area contributed by atoms with E-state index in [1.54, 1.807) is 20.3 Å². The molecule has 3 aromatic carbocycles. The molecule has 0 spiro atoms. The summed E-state index contributed by atoms with van der Waals surface area (Å²) in [5, 5.41) is 0.172. The summed E-state index contributed by atoms with van der Waals surface area (Å²) in [6, 6.07) is 20.7. The van der Waals surface area contributed by atoms with Crippen molar-refractivity contribution in [1.29, 1.82) is 0 Å². The SMILES string of the molecule is COCCOc1cc([CH]C(=O)OC(c2ccccc2)c2ccccc2)c(OC)c(Cl)c1OCCOC. The number of carbonyl (C=O) groups is 1. The summed E-state index contributed by atoms with van der Waals surface area (Å²) in [5.41, 5.74) is 2.08. The highest BCUT2D eigenvalue weighted by Crippen LogP contribution is 2.45. The van der Waals surface area contributed by atoms with Gasteiger partial charge in [-0.1, -0.05) is 72.3 Å². The summed E-state index contributed by atoms with van der Waals surface area (Å²) in [5.74, 6) is 0.323. The second kappa shape index (κ2) is 14.3. The third-order valence-corrected chi connectivity index (χ3v) is 5.51. The van der Waals surface area contributed by atoms with Crippen molar-refractivity contribution in [3.63, 3.8) is 0 Å². The van der Waals surface area contributed by atoms with Crippen LogP contribution in [0.25, 0.3) is 0 Å². The zero-order chi connectivity index (χ0) is 25.8. The molecule has 1 radical (unpaired) electrons. The molecule has 191 valence electrons. The van der Waals surface area contributed by atoms with Crippen molar-refractivity contribution in [3.05, 3.63) is 94.9 Å². The molecule has 0 fully saturated rings. The lowest BCUT2D eigenvalue weighted by atomic mass is 10.0. The van der Waals surface area contributed by atoms with Gasteiger partial charge in [0.25, 0.3) is 0 Å². The molecule has 0 saturated carbocycles. The molecular formula is C28H30ClO7. The van der Waals surface area contributed by atoms with Crippen molar-refractivity contribution in [3.8, 4) is 17.2 Å². The first kappa shape index (κ1) is 27.3. The van der Waals surface area contributed by atoms with E-state index >= 15 is 0 Å². The van der Waals surface area contributed by atoms with E-state index in [1.807, 2.05) is 60.7 Å². The van der Waals surface area contributed by atoms with Crippen LogP contribution in [0.3, 0.4) is 0 Å². The minimum Gasteiger partial charge on any atom is -0.495 e. The van der Waals surface area contributed by atoms with Crippen LogP contribution >= 0.6 is 11.6 Å². The Kier molecular flexibility index (Phi) is 10.9. The standard InChI is InChI=1S/C28H30ClO7/c1-31-14-16-34-23-18-22(27(33-3)25(29)28(23)35-17-15-32-2)19-24(30)36-26(20-10-6-4-7-11-20)21-12-8-5-9-13-21/h4-13,18-19,26H,14-17H2,1-3H3. The van der Waals surface area contributed by atoms with Gasteiger partial charge >= 0.3 is 5.97 Å². The molecule has 3 aromatic rings. The highest BCUT2D eigenvalue weighted by molar-refractivity contribution is 6.34. The normalized spacial score (nSPS) is 10.8. The van der Waals surface area contributed by atoms with Crippen molar-refractivity contribution >= 4 is 17.6 Å². The van der Waals surface area contributed by atoms with E-state index in [1.165, 1.54) is 13.5 Å². The topological polar surface area (TPSA) is 72.5 Å². The Morgan fingerprint density at radius 1 is 0.806 bits per heavy atom. The molecule has 0 N–H and O–H groups in total. The van der Waals surface area contributed by atoms with Crippen LogP contribution in [0.15, 0.2) is 66.7 Å². The number of ether oxygens (including phenoxy) is 6. The van der Waals surface area contributed by atoms with E-state index in [2.05, 4.69) is 0 Å². The number of halogens is 1. The van der Waals surface area contributed by atoms with Gasteiger partial charge in [-0.05, 0) is 17.2 Å². The Balaban J connectivity index is 1.89. The fourth-order valence-electron chi connectivity index (χ4n) is 3.49. The lowest BCUT2D eigenvalue weighted by Gasteiger charge is -2.21. The van der Waals surface area contributed by atoms with E-state index in [9.17, 15) is 4.79 Å². The predicted molar refractivity (Wildman–Crippen MR) is 137 cm³/mol. The average molecular weight is 514 g/mol. The van der Waals surface area contributed by atoms with Crippen LogP contribution in [0.1, 0.15) is 22.8 Å². The van der Waals surface area contributed by atoms with Gasteiger partial charge < -0.3 is 28.4 Å². The zero-order valence-corrected chi connectivity index (χ0v) is 21.3. The van der Waals surface area contributed by atoms with Crippen molar-refractivity contribution in [2.75, 3.05) is 47.8 Å². The summed E-state index contributed by atoms with van der Waals surface area (Å²) in [7, 11) is 4.61. The Hall–Kier alpha value is -3.26. The van der Waals surface area contributed by atoms with Crippen LogP contribution in [0, 0.1) is 6.42 Å². The maximum atomic E-state index is 13.1. The zero-order valence-electron chi connectivity index (χ0n) is 20.6. The number of hydrogen-bond donors (Lipinski definition) is 0. The van der Waals surface area contributed by atoms with Gasteiger partial charge in [-0.25, -0.2) is 0 Å². The van der Waals surface area contributed by atoms with E-state index < -0.39 is 12.1 Å². The molecule has 8 heteroatoms. The number of methoxy groups -OCH3 is 3. The lowest BCUT2D eigenvalue weighted by Crippen LogP contribution is -2.14. The van der Waals surface area contributed by atoms with Gasteiger partial charge in [0, 0.05) is 19.8 Å². The fourth-order valence-corrected chi connectivity index (χ4v) is 3.82. The van der Waals surface area contributed by atoms with Gasteiger partial charge in [-0.2, -0.15) is 0 Å². The van der Waals surface area contributed by atoms with Crippen LogP contribution in [-0.4, -0.2) is 53.7 Å². The highest BCUT2D eigenvalue weighted by atomic mass is 35.5. The van der Waals surface area contributed by atoms with Gasteiger partial charge in [0.05, 0.1) is 20.3 Å². The predicted octanol–water partition coefficient (Wildman–Crippen LogP) is 5.28. The van der Waals surface area contributed by atoms with Gasteiger partial charge in [-0.3, -0.25) is 4.79 Å². The first-order valence-corrected chi connectivity index (χ1v) is 11.8. The van der Waals surface area contributed by atoms with E-state index in [0.717, 1.165) is 11.1 Å². The first-order chi connectivity index (χ1) is 17.6. The number of benzene rings is 3. The third-order valence-electron chi connectivity index (χ3n) is 5.17. The summed E-state index contributed by atoms with van der Waals surface area (Å²) in [4.78, 5) is 13.1. The van der Waals surface area contributed by atoms with Gasteiger partial charge in [-0.15, -0.1) is 0 Å². The second-order valence-electron chi connectivity index (χ2n) is 7.61. The second-order valence-corrected chi connectivity index (χ2v) is 7.98. The van der Waals surface area contributed by atoms with Crippen molar-refractivity contribution in [2.24, 2.45) is 0 Å². The fraction of sp³-hybridized carbons (Fsp3) is 0.286. The number of esters is 1. The molecule has 0 heterocycles. The molecule has 0 unspecified atom stereocenters. The first-order valence-electron chi connectivity index (χ1n) is 11.4. The molecule has 0 amide bonds. The third kappa shape index (κ3) is 7.37. The summed E-state index contributed by atoms with van der Waals surface area (Å²) in [6.45, 7) is 1.23. The van der Waals surface area contributed by atoms with Crippen molar-refractivity contribution in [1.82, 2.24) is 0 Å². The molecule has 0 aliphatic rings. The van der Waals surface area contributed by atoms with Gasteiger partial charge in [0.2, 0.25) is 0 Å². The van der Waals surface area contributed by atoms with Crippen LogP contribution in [0.5, 0.6) is 17.2 Å². The molecule has 3 rings (SSSR count). The van der Waals surface area contributed by atoms with Crippen molar-refractivity contribution in [2.45, 2.75) is 6.10 Å². The van der Waals surface area contributed by atoms with E-state index in [-0.39, 0.29) is 24.0 Å².